The molecule has 19 heavy (non-hydrogen) atoms. The molecule has 0 aliphatic rings. The number of thiophene rings is 1. The summed E-state index contributed by atoms with van der Waals surface area (Å²) in [6.45, 7) is 1.93. The van der Waals surface area contributed by atoms with Crippen LogP contribution >= 0.6 is 22.9 Å². The molecule has 100 valence electrons. The van der Waals surface area contributed by atoms with Crippen LogP contribution < -0.4 is 5.32 Å². The Morgan fingerprint density at radius 3 is 2.47 bits per heavy atom. The fraction of sp³-hybridized carbons (Fsp3) is 0.214. The van der Waals surface area contributed by atoms with Crippen molar-refractivity contribution in [3.8, 4) is 0 Å². The average molecular weight is 296 g/mol. The van der Waals surface area contributed by atoms with E-state index in [1.54, 1.807) is 12.1 Å². The molecule has 0 amide bonds. The van der Waals surface area contributed by atoms with Crippen LogP contribution in [0.25, 0.3) is 0 Å². The first-order valence-electron chi connectivity index (χ1n) is 5.87. The predicted octanol–water partition coefficient (Wildman–Crippen LogP) is 3.88. The normalized spacial score (nSPS) is 14.0. The van der Waals surface area contributed by atoms with Crippen molar-refractivity contribution in [2.45, 2.75) is 19.0 Å². The Balaban J connectivity index is 2.16. The van der Waals surface area contributed by atoms with Gasteiger partial charge in [0.05, 0.1) is 4.34 Å². The van der Waals surface area contributed by atoms with E-state index in [0.717, 1.165) is 10.4 Å². The summed E-state index contributed by atoms with van der Waals surface area (Å²) in [6, 6.07) is 12.1. The smallest absolute Gasteiger partial charge is 0.325 e. The van der Waals surface area contributed by atoms with E-state index in [1.807, 2.05) is 37.3 Å². The molecular formula is C14H14ClNO2S. The lowest BCUT2D eigenvalue weighted by Gasteiger charge is -2.19. The van der Waals surface area contributed by atoms with Crippen LogP contribution in [-0.2, 0) is 4.79 Å². The van der Waals surface area contributed by atoms with Gasteiger partial charge in [-0.2, -0.15) is 0 Å². The van der Waals surface area contributed by atoms with E-state index in [9.17, 15) is 9.90 Å². The Hall–Kier alpha value is -1.36. The molecule has 2 N–H and O–H groups in total. The first-order chi connectivity index (χ1) is 9.08. The van der Waals surface area contributed by atoms with Gasteiger partial charge >= 0.3 is 5.97 Å². The number of benzene rings is 1. The maximum absolute atomic E-state index is 11.4. The molecule has 1 aromatic heterocycles. The van der Waals surface area contributed by atoms with Crippen LogP contribution in [0.15, 0.2) is 42.5 Å². The molecule has 0 radical (unpaired) electrons. The zero-order valence-electron chi connectivity index (χ0n) is 10.3. The highest BCUT2D eigenvalue weighted by Crippen LogP contribution is 2.28. The molecule has 0 saturated heterocycles. The highest BCUT2D eigenvalue weighted by Gasteiger charge is 2.22. The molecular weight excluding hydrogens is 282 g/mol. The quantitative estimate of drug-likeness (QED) is 0.880. The van der Waals surface area contributed by atoms with Crippen LogP contribution in [0.4, 0.5) is 0 Å². The first kappa shape index (κ1) is 14.1. The SMILES string of the molecule is CC(NC(C(=O)O)c1ccccc1)c1ccc(Cl)s1. The molecule has 1 heterocycles. The maximum atomic E-state index is 11.4. The molecule has 0 aliphatic carbocycles. The minimum absolute atomic E-state index is 0.0705. The summed E-state index contributed by atoms with van der Waals surface area (Å²) in [6.07, 6.45) is 0. The summed E-state index contributed by atoms with van der Waals surface area (Å²) in [5.74, 6) is -0.888. The van der Waals surface area contributed by atoms with Gasteiger partial charge < -0.3 is 5.11 Å². The van der Waals surface area contributed by atoms with Crippen LogP contribution in [0.5, 0.6) is 0 Å². The second-order valence-electron chi connectivity index (χ2n) is 4.21. The van der Waals surface area contributed by atoms with Gasteiger partial charge in [-0.15, -0.1) is 11.3 Å². The van der Waals surface area contributed by atoms with Gasteiger partial charge in [-0.1, -0.05) is 41.9 Å². The second kappa shape index (κ2) is 6.19. The number of rotatable bonds is 5. The molecule has 1 aromatic carbocycles. The van der Waals surface area contributed by atoms with E-state index in [1.165, 1.54) is 11.3 Å². The van der Waals surface area contributed by atoms with Crippen LogP contribution in [0, 0.1) is 0 Å². The largest absolute Gasteiger partial charge is 0.480 e. The summed E-state index contributed by atoms with van der Waals surface area (Å²) in [5, 5.41) is 12.5. The molecule has 0 spiro atoms. The van der Waals surface area contributed by atoms with Crippen molar-refractivity contribution in [3.63, 3.8) is 0 Å². The Labute approximate surface area is 120 Å². The van der Waals surface area contributed by atoms with Gasteiger partial charge in [0.2, 0.25) is 0 Å². The van der Waals surface area contributed by atoms with Crippen LogP contribution in [0.1, 0.15) is 29.4 Å². The Kier molecular flexibility index (Phi) is 4.58. The van der Waals surface area contributed by atoms with E-state index in [-0.39, 0.29) is 6.04 Å². The molecule has 3 nitrogen and oxygen atoms in total. The Bertz CT molecular complexity index is 556. The van der Waals surface area contributed by atoms with Gasteiger partial charge in [0.15, 0.2) is 0 Å². The summed E-state index contributed by atoms with van der Waals surface area (Å²) < 4.78 is 0.704. The van der Waals surface area contributed by atoms with Crippen molar-refractivity contribution in [1.29, 1.82) is 0 Å². The van der Waals surface area contributed by atoms with Crippen molar-refractivity contribution >= 4 is 28.9 Å². The van der Waals surface area contributed by atoms with Gasteiger partial charge in [0.1, 0.15) is 6.04 Å². The van der Waals surface area contributed by atoms with E-state index in [0.29, 0.717) is 4.34 Å². The number of nitrogens with one attached hydrogen (secondary N) is 1. The topological polar surface area (TPSA) is 49.3 Å². The van der Waals surface area contributed by atoms with Crippen molar-refractivity contribution in [2.24, 2.45) is 0 Å². The third kappa shape index (κ3) is 3.56. The predicted molar refractivity (Wildman–Crippen MR) is 77.7 cm³/mol. The highest BCUT2D eigenvalue weighted by atomic mass is 35.5. The molecule has 2 unspecified atom stereocenters. The Morgan fingerprint density at radius 2 is 1.95 bits per heavy atom. The molecule has 0 fully saturated rings. The van der Waals surface area contributed by atoms with Gasteiger partial charge in [-0.05, 0) is 24.6 Å². The molecule has 2 aromatic rings. The lowest BCUT2D eigenvalue weighted by Crippen LogP contribution is -2.30. The first-order valence-corrected chi connectivity index (χ1v) is 7.06. The molecule has 0 saturated carbocycles. The zero-order valence-corrected chi connectivity index (χ0v) is 11.9. The van der Waals surface area contributed by atoms with E-state index < -0.39 is 12.0 Å². The number of carboxylic acids is 1. The van der Waals surface area contributed by atoms with E-state index >= 15 is 0 Å². The van der Waals surface area contributed by atoms with Crippen molar-refractivity contribution in [3.05, 3.63) is 57.2 Å². The summed E-state index contributed by atoms with van der Waals surface area (Å²) in [7, 11) is 0. The van der Waals surface area contributed by atoms with Crippen molar-refractivity contribution < 1.29 is 9.90 Å². The summed E-state index contributed by atoms with van der Waals surface area (Å²) >= 11 is 7.35. The number of hydrogen-bond donors (Lipinski definition) is 2. The average Bonchev–Trinajstić information content (AvgIpc) is 2.83. The van der Waals surface area contributed by atoms with Crippen LogP contribution in [0.3, 0.4) is 0 Å². The summed E-state index contributed by atoms with van der Waals surface area (Å²) in [4.78, 5) is 12.4. The van der Waals surface area contributed by atoms with Crippen LogP contribution in [0.2, 0.25) is 4.34 Å². The lowest BCUT2D eigenvalue weighted by atomic mass is 10.1. The Morgan fingerprint density at radius 1 is 1.26 bits per heavy atom. The number of hydrogen-bond acceptors (Lipinski definition) is 3. The summed E-state index contributed by atoms with van der Waals surface area (Å²) in [5.41, 5.74) is 0.740. The minimum Gasteiger partial charge on any atom is -0.480 e. The third-order valence-electron chi connectivity index (χ3n) is 2.82. The lowest BCUT2D eigenvalue weighted by molar-refractivity contribution is -0.139. The minimum atomic E-state index is -0.888. The van der Waals surface area contributed by atoms with Crippen molar-refractivity contribution in [2.75, 3.05) is 0 Å². The standard InChI is InChI=1S/C14H14ClNO2S/c1-9(11-7-8-12(15)19-11)16-13(14(17)18)10-5-3-2-4-6-10/h2-9,13,16H,1H3,(H,17,18). The molecule has 5 heteroatoms. The molecule has 0 aliphatic heterocycles. The fourth-order valence-electron chi connectivity index (χ4n) is 1.85. The number of halogens is 1. The van der Waals surface area contributed by atoms with Gasteiger partial charge in [0.25, 0.3) is 0 Å². The molecule has 2 rings (SSSR count). The zero-order chi connectivity index (χ0) is 13.8. The number of carboxylic acid groups (broad SMARTS) is 1. The molecule has 2 atom stereocenters. The fourth-order valence-corrected chi connectivity index (χ4v) is 2.92. The second-order valence-corrected chi connectivity index (χ2v) is 5.96. The van der Waals surface area contributed by atoms with E-state index in [2.05, 4.69) is 5.32 Å². The number of aliphatic carboxylic acids is 1. The monoisotopic (exact) mass is 295 g/mol. The van der Waals surface area contributed by atoms with Crippen LogP contribution in [-0.4, -0.2) is 11.1 Å². The highest BCUT2D eigenvalue weighted by molar-refractivity contribution is 7.16. The maximum Gasteiger partial charge on any atom is 0.325 e. The number of carbonyl (C=O) groups is 1. The third-order valence-corrected chi connectivity index (χ3v) is 4.23. The van der Waals surface area contributed by atoms with Crippen molar-refractivity contribution in [1.82, 2.24) is 5.32 Å². The van der Waals surface area contributed by atoms with Gasteiger partial charge in [-0.25, -0.2) is 0 Å². The van der Waals surface area contributed by atoms with Gasteiger partial charge in [0, 0.05) is 10.9 Å². The van der Waals surface area contributed by atoms with Gasteiger partial charge in [-0.3, -0.25) is 10.1 Å². The van der Waals surface area contributed by atoms with E-state index in [4.69, 9.17) is 11.6 Å². The molecule has 0 bridgehead atoms.